The van der Waals surface area contributed by atoms with E-state index < -0.39 is 0 Å². The van der Waals surface area contributed by atoms with Crippen LogP contribution in [-0.4, -0.2) is 31.8 Å². The lowest BCUT2D eigenvalue weighted by Gasteiger charge is -2.34. The summed E-state index contributed by atoms with van der Waals surface area (Å²) in [6.07, 6.45) is 2.73. The second-order valence-corrected chi connectivity index (χ2v) is 5.37. The molecule has 0 spiro atoms. The Morgan fingerprint density at radius 1 is 1.48 bits per heavy atom. The lowest BCUT2D eigenvalue weighted by atomic mass is 9.95. The number of nitrogens with one attached hydrogen (secondary N) is 1. The topological polar surface area (TPSA) is 73.2 Å². The fourth-order valence-corrected chi connectivity index (χ4v) is 2.66. The number of nitriles is 1. The fourth-order valence-electron chi connectivity index (χ4n) is 2.66. The van der Waals surface area contributed by atoms with E-state index in [1.807, 2.05) is 6.07 Å². The quantitative estimate of drug-likeness (QED) is 0.855. The average molecular weight is 285 g/mol. The van der Waals surface area contributed by atoms with Crippen LogP contribution in [0.2, 0.25) is 0 Å². The SMILES string of the molecule is CC(=O)NCC1CCN(c2ccc(C=O)cc2C#N)CC1. The highest BCUT2D eigenvalue weighted by Gasteiger charge is 2.21. The molecular formula is C16H19N3O2. The van der Waals surface area contributed by atoms with Gasteiger partial charge >= 0.3 is 0 Å². The van der Waals surface area contributed by atoms with E-state index in [4.69, 9.17) is 0 Å². The van der Waals surface area contributed by atoms with Gasteiger partial charge in [0.25, 0.3) is 0 Å². The Hall–Kier alpha value is -2.35. The molecule has 5 nitrogen and oxygen atoms in total. The van der Waals surface area contributed by atoms with Gasteiger partial charge in [-0.3, -0.25) is 9.59 Å². The van der Waals surface area contributed by atoms with Crippen molar-refractivity contribution in [2.75, 3.05) is 24.5 Å². The molecule has 110 valence electrons. The highest BCUT2D eigenvalue weighted by Crippen LogP contribution is 2.26. The van der Waals surface area contributed by atoms with E-state index in [1.165, 1.54) is 6.92 Å². The van der Waals surface area contributed by atoms with E-state index in [0.717, 1.165) is 44.4 Å². The molecule has 1 aromatic carbocycles. The highest BCUT2D eigenvalue weighted by molar-refractivity contribution is 5.78. The van der Waals surface area contributed by atoms with Crippen molar-refractivity contribution in [3.8, 4) is 6.07 Å². The summed E-state index contributed by atoms with van der Waals surface area (Å²) < 4.78 is 0. The zero-order chi connectivity index (χ0) is 15.2. The summed E-state index contributed by atoms with van der Waals surface area (Å²) in [6, 6.07) is 7.38. The van der Waals surface area contributed by atoms with Crippen molar-refractivity contribution in [3.63, 3.8) is 0 Å². The van der Waals surface area contributed by atoms with Gasteiger partial charge in [0, 0.05) is 32.1 Å². The third-order valence-electron chi connectivity index (χ3n) is 3.87. The maximum atomic E-state index is 10.9. The van der Waals surface area contributed by atoms with Crippen LogP contribution in [0.15, 0.2) is 18.2 Å². The first kappa shape index (κ1) is 15.0. The molecule has 1 aromatic rings. The second kappa shape index (κ2) is 6.89. The van der Waals surface area contributed by atoms with E-state index >= 15 is 0 Å². The number of amides is 1. The highest BCUT2D eigenvalue weighted by atomic mass is 16.1. The number of hydrogen-bond donors (Lipinski definition) is 1. The molecule has 0 aliphatic carbocycles. The minimum atomic E-state index is 0.00801. The normalized spacial score (nSPS) is 15.3. The smallest absolute Gasteiger partial charge is 0.216 e. The molecular weight excluding hydrogens is 266 g/mol. The maximum absolute atomic E-state index is 10.9. The first-order valence-corrected chi connectivity index (χ1v) is 7.12. The molecule has 0 aromatic heterocycles. The molecule has 0 atom stereocenters. The number of carbonyl (C=O) groups is 2. The van der Waals surface area contributed by atoms with Crippen molar-refractivity contribution in [2.45, 2.75) is 19.8 Å². The molecule has 0 saturated carbocycles. The van der Waals surface area contributed by atoms with Crippen molar-refractivity contribution in [2.24, 2.45) is 5.92 Å². The lowest BCUT2D eigenvalue weighted by Crippen LogP contribution is -2.38. The molecule has 1 saturated heterocycles. The molecule has 5 heteroatoms. The molecule has 1 heterocycles. The van der Waals surface area contributed by atoms with E-state index in [0.29, 0.717) is 17.0 Å². The Labute approximate surface area is 124 Å². The van der Waals surface area contributed by atoms with Crippen LogP contribution in [0.4, 0.5) is 5.69 Å². The van der Waals surface area contributed by atoms with Crippen LogP contribution in [0.5, 0.6) is 0 Å². The molecule has 1 fully saturated rings. The van der Waals surface area contributed by atoms with Crippen LogP contribution in [0, 0.1) is 17.2 Å². The molecule has 0 unspecified atom stereocenters. The number of nitrogens with zero attached hydrogens (tertiary/aromatic N) is 2. The lowest BCUT2D eigenvalue weighted by molar-refractivity contribution is -0.119. The van der Waals surface area contributed by atoms with E-state index in [9.17, 15) is 14.9 Å². The number of carbonyl (C=O) groups excluding carboxylic acids is 2. The van der Waals surface area contributed by atoms with Crippen molar-refractivity contribution in [1.29, 1.82) is 5.26 Å². The Morgan fingerprint density at radius 2 is 2.19 bits per heavy atom. The van der Waals surface area contributed by atoms with Gasteiger partial charge in [0.05, 0.1) is 11.3 Å². The molecule has 1 N–H and O–H groups in total. The van der Waals surface area contributed by atoms with Gasteiger partial charge in [-0.25, -0.2) is 0 Å². The summed E-state index contributed by atoms with van der Waals surface area (Å²) in [5, 5.41) is 12.1. The monoisotopic (exact) mass is 285 g/mol. The predicted molar refractivity (Wildman–Crippen MR) is 80.2 cm³/mol. The second-order valence-electron chi connectivity index (χ2n) is 5.37. The standard InChI is InChI=1S/C16H19N3O2/c1-12(21)18-10-13-4-6-19(7-5-13)16-3-2-14(11-20)8-15(16)9-17/h2-3,8,11,13H,4-7,10H2,1H3,(H,18,21). The van der Waals surface area contributed by atoms with Gasteiger partial charge < -0.3 is 10.2 Å². The summed E-state index contributed by atoms with van der Waals surface area (Å²) >= 11 is 0. The Balaban J connectivity index is 2.00. The van der Waals surface area contributed by atoms with E-state index in [2.05, 4.69) is 16.3 Å². The fraction of sp³-hybridized carbons (Fsp3) is 0.438. The van der Waals surface area contributed by atoms with Crippen LogP contribution in [0.1, 0.15) is 35.7 Å². The molecule has 1 aliphatic rings. The summed E-state index contributed by atoms with van der Waals surface area (Å²) in [6.45, 7) is 3.97. The van der Waals surface area contributed by atoms with Gasteiger partial charge in [0.2, 0.25) is 5.91 Å². The summed E-state index contributed by atoms with van der Waals surface area (Å²) in [7, 11) is 0. The van der Waals surface area contributed by atoms with Crippen molar-refractivity contribution < 1.29 is 9.59 Å². The van der Waals surface area contributed by atoms with Crippen LogP contribution >= 0.6 is 0 Å². The number of rotatable bonds is 4. The molecule has 2 rings (SSSR count). The molecule has 1 amide bonds. The minimum absolute atomic E-state index is 0.00801. The Bertz CT molecular complexity index is 569. The third-order valence-corrected chi connectivity index (χ3v) is 3.87. The van der Waals surface area contributed by atoms with Gasteiger partial charge in [-0.05, 0) is 37.0 Å². The van der Waals surface area contributed by atoms with Gasteiger partial charge in [0.15, 0.2) is 0 Å². The predicted octanol–water partition coefficient (Wildman–Crippen LogP) is 1.72. The first-order chi connectivity index (χ1) is 10.1. The maximum Gasteiger partial charge on any atom is 0.216 e. The van der Waals surface area contributed by atoms with Crippen LogP contribution < -0.4 is 10.2 Å². The minimum Gasteiger partial charge on any atom is -0.370 e. The summed E-state index contributed by atoms with van der Waals surface area (Å²) in [5.74, 6) is 0.499. The molecule has 1 aliphatic heterocycles. The van der Waals surface area contributed by atoms with Gasteiger partial charge in [0.1, 0.15) is 12.4 Å². The number of anilines is 1. The largest absolute Gasteiger partial charge is 0.370 e. The van der Waals surface area contributed by atoms with Crippen LogP contribution in [0.3, 0.4) is 0 Å². The van der Waals surface area contributed by atoms with Gasteiger partial charge in [-0.15, -0.1) is 0 Å². The molecule has 21 heavy (non-hydrogen) atoms. The van der Waals surface area contributed by atoms with E-state index in [1.54, 1.807) is 12.1 Å². The third kappa shape index (κ3) is 3.82. The van der Waals surface area contributed by atoms with Gasteiger partial charge in [-0.1, -0.05) is 0 Å². The molecule has 0 bridgehead atoms. The number of benzene rings is 1. The number of hydrogen-bond acceptors (Lipinski definition) is 4. The summed E-state index contributed by atoms with van der Waals surface area (Å²) in [5.41, 5.74) is 1.96. The zero-order valence-corrected chi connectivity index (χ0v) is 12.1. The van der Waals surface area contributed by atoms with E-state index in [-0.39, 0.29) is 5.91 Å². The molecule has 0 radical (unpaired) electrons. The average Bonchev–Trinajstić information content (AvgIpc) is 2.52. The number of aldehydes is 1. The van der Waals surface area contributed by atoms with Crippen LogP contribution in [0.25, 0.3) is 0 Å². The van der Waals surface area contributed by atoms with Crippen molar-refractivity contribution in [3.05, 3.63) is 29.3 Å². The van der Waals surface area contributed by atoms with Crippen LogP contribution in [-0.2, 0) is 4.79 Å². The number of piperidine rings is 1. The Morgan fingerprint density at radius 3 is 2.76 bits per heavy atom. The van der Waals surface area contributed by atoms with Gasteiger partial charge in [-0.2, -0.15) is 5.26 Å². The first-order valence-electron chi connectivity index (χ1n) is 7.12. The van der Waals surface area contributed by atoms with Crippen molar-refractivity contribution >= 4 is 17.9 Å². The van der Waals surface area contributed by atoms with Crippen molar-refractivity contribution in [1.82, 2.24) is 5.32 Å². The Kier molecular flexibility index (Phi) is 4.94. The summed E-state index contributed by atoms with van der Waals surface area (Å²) in [4.78, 5) is 23.9. The zero-order valence-electron chi connectivity index (χ0n) is 12.1.